The van der Waals surface area contributed by atoms with Gasteiger partial charge in [-0.25, -0.2) is 9.87 Å². The third-order valence-corrected chi connectivity index (χ3v) is 5.64. The molecule has 5 N–H and O–H groups in total. The van der Waals surface area contributed by atoms with E-state index in [1.807, 2.05) is 0 Å². The number of aliphatic hydroxyl groups excluding tert-OH is 1. The highest BCUT2D eigenvalue weighted by Crippen LogP contribution is 2.12. The maximum atomic E-state index is 13.8. The number of carbonyl (C=O) groups is 3. The quantitative estimate of drug-likeness (QED) is 0.163. The van der Waals surface area contributed by atoms with Gasteiger partial charge in [-0.3, -0.25) is 24.5 Å². The Morgan fingerprint density at radius 3 is 2.10 bits per heavy atom. The number of anilines is 1. The third-order valence-electron chi connectivity index (χ3n) is 5.64. The zero-order valence-electron chi connectivity index (χ0n) is 21.4. The SMILES string of the molecule is C[C@@H](O)[C@H](NC(=O)c1ccc(C#Cc2ccc(NC(=O)CN(C)Cc3ccccc3F)cc2)cc1)C(=O)NO. The van der Waals surface area contributed by atoms with Crippen molar-refractivity contribution in [2.45, 2.75) is 25.6 Å². The third kappa shape index (κ3) is 8.76. The van der Waals surface area contributed by atoms with Crippen molar-refractivity contribution in [2.24, 2.45) is 0 Å². The number of hydrogen-bond acceptors (Lipinski definition) is 6. The van der Waals surface area contributed by atoms with E-state index in [1.165, 1.54) is 30.6 Å². The Morgan fingerprint density at radius 1 is 0.949 bits per heavy atom. The molecule has 0 radical (unpaired) electrons. The summed E-state index contributed by atoms with van der Waals surface area (Å²) in [6.07, 6.45) is -1.21. The first-order valence-electron chi connectivity index (χ1n) is 12.0. The number of amides is 3. The molecule has 10 heteroatoms. The Hall–Kier alpha value is -4.56. The largest absolute Gasteiger partial charge is 0.391 e. The standard InChI is InChI=1S/C29H29FN4O5/c1-19(35)27(29(38)33-39)32-28(37)22-13-9-20(10-14-22)7-8-21-11-15-24(16-12-21)31-26(36)18-34(2)17-23-5-3-4-6-25(23)30/h3-6,9-16,19,27,35,39H,17-18H2,1-2H3,(H,31,36)(H,32,37)(H,33,38)/t19-,27+/m1/s1. The molecule has 0 aliphatic carbocycles. The molecule has 39 heavy (non-hydrogen) atoms. The fraction of sp³-hybridized carbons (Fsp3) is 0.207. The Labute approximate surface area is 225 Å². The average Bonchev–Trinajstić information content (AvgIpc) is 2.92. The lowest BCUT2D eigenvalue weighted by atomic mass is 10.1. The van der Waals surface area contributed by atoms with Crippen molar-refractivity contribution in [2.75, 3.05) is 18.9 Å². The molecule has 3 amide bonds. The van der Waals surface area contributed by atoms with Crippen LogP contribution >= 0.6 is 0 Å². The molecule has 0 bridgehead atoms. The van der Waals surface area contributed by atoms with Crippen LogP contribution in [0.1, 0.15) is 34.0 Å². The second-order valence-electron chi connectivity index (χ2n) is 8.88. The lowest BCUT2D eigenvalue weighted by Crippen LogP contribution is -2.51. The average molecular weight is 533 g/mol. The van der Waals surface area contributed by atoms with Crippen molar-refractivity contribution in [3.05, 3.63) is 101 Å². The molecule has 0 aromatic heterocycles. The molecule has 3 aromatic rings. The van der Waals surface area contributed by atoms with E-state index in [1.54, 1.807) is 66.5 Å². The van der Waals surface area contributed by atoms with E-state index in [-0.39, 0.29) is 23.8 Å². The smallest absolute Gasteiger partial charge is 0.268 e. The summed E-state index contributed by atoms with van der Waals surface area (Å²) < 4.78 is 13.8. The van der Waals surface area contributed by atoms with Crippen LogP contribution in [0, 0.1) is 17.7 Å². The van der Waals surface area contributed by atoms with Crippen molar-refractivity contribution in [3.8, 4) is 11.8 Å². The summed E-state index contributed by atoms with van der Waals surface area (Å²) in [5.41, 5.74) is 4.13. The van der Waals surface area contributed by atoms with Gasteiger partial charge in [-0.1, -0.05) is 30.0 Å². The summed E-state index contributed by atoms with van der Waals surface area (Å²) in [4.78, 5) is 38.0. The molecule has 0 spiro atoms. The summed E-state index contributed by atoms with van der Waals surface area (Å²) in [5, 5.41) is 23.6. The number of nitrogens with zero attached hydrogens (tertiary/aromatic N) is 1. The molecule has 0 aliphatic heterocycles. The van der Waals surface area contributed by atoms with Gasteiger partial charge >= 0.3 is 0 Å². The Kier molecular flexibility index (Phi) is 10.3. The van der Waals surface area contributed by atoms with E-state index in [2.05, 4.69) is 22.5 Å². The molecule has 9 nitrogen and oxygen atoms in total. The molecule has 0 heterocycles. The van der Waals surface area contributed by atoms with Crippen molar-refractivity contribution < 1.29 is 29.1 Å². The van der Waals surface area contributed by atoms with E-state index in [4.69, 9.17) is 5.21 Å². The second kappa shape index (κ2) is 13.8. The van der Waals surface area contributed by atoms with Crippen molar-refractivity contribution in [1.29, 1.82) is 0 Å². The van der Waals surface area contributed by atoms with E-state index in [0.29, 0.717) is 28.9 Å². The number of hydroxylamine groups is 1. The molecule has 0 saturated heterocycles. The summed E-state index contributed by atoms with van der Waals surface area (Å²) in [5.74, 6) is 3.92. The molecule has 2 atom stereocenters. The van der Waals surface area contributed by atoms with E-state index in [0.717, 1.165) is 0 Å². The first kappa shape index (κ1) is 29.0. The predicted molar refractivity (Wildman–Crippen MR) is 143 cm³/mol. The molecule has 0 fully saturated rings. The van der Waals surface area contributed by atoms with Gasteiger partial charge in [0.25, 0.3) is 11.8 Å². The lowest BCUT2D eigenvalue weighted by molar-refractivity contribution is -0.133. The summed E-state index contributed by atoms with van der Waals surface area (Å²) >= 11 is 0. The van der Waals surface area contributed by atoms with Crippen LogP contribution in [0.2, 0.25) is 0 Å². The highest BCUT2D eigenvalue weighted by atomic mass is 19.1. The van der Waals surface area contributed by atoms with Crippen LogP contribution in [-0.2, 0) is 16.1 Å². The Morgan fingerprint density at radius 2 is 1.54 bits per heavy atom. The minimum absolute atomic E-state index is 0.0955. The van der Waals surface area contributed by atoms with E-state index in [9.17, 15) is 23.9 Å². The van der Waals surface area contributed by atoms with Crippen LogP contribution in [0.4, 0.5) is 10.1 Å². The summed E-state index contributed by atoms with van der Waals surface area (Å²) in [6, 6.07) is 18.4. The van der Waals surface area contributed by atoms with Crippen LogP contribution in [0.5, 0.6) is 0 Å². The fourth-order valence-corrected chi connectivity index (χ4v) is 3.60. The monoisotopic (exact) mass is 532 g/mol. The first-order chi connectivity index (χ1) is 18.7. The van der Waals surface area contributed by atoms with Gasteiger partial charge in [0.05, 0.1) is 12.6 Å². The van der Waals surface area contributed by atoms with Gasteiger partial charge in [0.15, 0.2) is 0 Å². The lowest BCUT2D eigenvalue weighted by Gasteiger charge is -2.19. The predicted octanol–water partition coefficient (Wildman–Crippen LogP) is 2.28. The number of carbonyl (C=O) groups excluding carboxylic acids is 3. The maximum absolute atomic E-state index is 13.8. The van der Waals surface area contributed by atoms with Gasteiger partial charge in [0.1, 0.15) is 11.9 Å². The number of hydrogen-bond donors (Lipinski definition) is 5. The fourth-order valence-electron chi connectivity index (χ4n) is 3.60. The molecule has 0 unspecified atom stereocenters. The van der Waals surface area contributed by atoms with Gasteiger partial charge in [-0.05, 0) is 68.6 Å². The normalized spacial score (nSPS) is 12.1. The molecule has 0 saturated carbocycles. The topological polar surface area (TPSA) is 131 Å². The van der Waals surface area contributed by atoms with Crippen LogP contribution in [0.15, 0.2) is 72.8 Å². The zero-order valence-corrected chi connectivity index (χ0v) is 21.4. The van der Waals surface area contributed by atoms with Gasteiger partial charge < -0.3 is 15.7 Å². The number of rotatable bonds is 9. The van der Waals surface area contributed by atoms with Crippen LogP contribution < -0.4 is 16.1 Å². The van der Waals surface area contributed by atoms with Crippen LogP contribution in [0.25, 0.3) is 0 Å². The van der Waals surface area contributed by atoms with Crippen molar-refractivity contribution in [1.82, 2.24) is 15.7 Å². The van der Waals surface area contributed by atoms with Gasteiger partial charge in [-0.2, -0.15) is 0 Å². The van der Waals surface area contributed by atoms with Crippen LogP contribution in [-0.4, -0.2) is 58.7 Å². The number of halogens is 1. The number of benzene rings is 3. The highest BCUT2D eigenvalue weighted by Gasteiger charge is 2.25. The molecule has 3 aromatic carbocycles. The Bertz CT molecular complexity index is 1360. The molecular weight excluding hydrogens is 503 g/mol. The van der Waals surface area contributed by atoms with Crippen molar-refractivity contribution in [3.63, 3.8) is 0 Å². The van der Waals surface area contributed by atoms with Gasteiger partial charge in [-0.15, -0.1) is 0 Å². The molecule has 202 valence electrons. The van der Waals surface area contributed by atoms with Crippen molar-refractivity contribution >= 4 is 23.4 Å². The van der Waals surface area contributed by atoms with Gasteiger partial charge in [0.2, 0.25) is 5.91 Å². The number of nitrogens with one attached hydrogen (secondary N) is 3. The van der Waals surface area contributed by atoms with Crippen LogP contribution in [0.3, 0.4) is 0 Å². The second-order valence-corrected chi connectivity index (χ2v) is 8.88. The Balaban J connectivity index is 1.53. The van der Waals surface area contributed by atoms with E-state index < -0.39 is 24.0 Å². The summed E-state index contributed by atoms with van der Waals surface area (Å²) in [6.45, 7) is 1.72. The number of aliphatic hydroxyl groups is 1. The zero-order chi connectivity index (χ0) is 28.4. The summed E-state index contributed by atoms with van der Waals surface area (Å²) in [7, 11) is 1.74. The molecule has 3 rings (SSSR count). The first-order valence-corrected chi connectivity index (χ1v) is 12.0. The highest BCUT2D eigenvalue weighted by molar-refractivity contribution is 5.97. The molecular formula is C29H29FN4O5. The molecule has 0 aliphatic rings. The number of likely N-dealkylation sites (N-methyl/N-ethyl adjacent to an activating group) is 1. The minimum Gasteiger partial charge on any atom is -0.391 e. The minimum atomic E-state index is -1.31. The van der Waals surface area contributed by atoms with Gasteiger partial charge in [0, 0.05) is 34.5 Å². The maximum Gasteiger partial charge on any atom is 0.268 e. The van der Waals surface area contributed by atoms with E-state index >= 15 is 0 Å².